The summed E-state index contributed by atoms with van der Waals surface area (Å²) < 4.78 is 11.2. The van der Waals surface area contributed by atoms with Crippen molar-refractivity contribution in [2.45, 2.75) is 24.9 Å². The molecular weight excluding hydrogens is 332 g/mol. The van der Waals surface area contributed by atoms with Crippen LogP contribution in [0.4, 0.5) is 0 Å². The van der Waals surface area contributed by atoms with Gasteiger partial charge in [0.1, 0.15) is 13.2 Å². The quantitative estimate of drug-likeness (QED) is 0.888. The van der Waals surface area contributed by atoms with Gasteiger partial charge in [0.15, 0.2) is 11.5 Å². The van der Waals surface area contributed by atoms with Crippen LogP contribution in [0.2, 0.25) is 0 Å². The summed E-state index contributed by atoms with van der Waals surface area (Å²) in [6.07, 6.45) is 0.976. The molecule has 2 atom stereocenters. The summed E-state index contributed by atoms with van der Waals surface area (Å²) in [6.45, 7) is 0.895. The van der Waals surface area contributed by atoms with Gasteiger partial charge < -0.3 is 20.1 Å². The summed E-state index contributed by atoms with van der Waals surface area (Å²) in [4.78, 5) is 24.8. The molecule has 2 aliphatic rings. The van der Waals surface area contributed by atoms with Crippen LogP contribution in [0.5, 0.6) is 11.5 Å². The normalized spacial score (nSPS) is 21.6. The van der Waals surface area contributed by atoms with Crippen LogP contribution in [-0.4, -0.2) is 31.1 Å². The van der Waals surface area contributed by atoms with E-state index in [0.717, 1.165) is 5.56 Å². The highest BCUT2D eigenvalue weighted by Crippen LogP contribution is 2.34. The Labute approximate surface area is 151 Å². The van der Waals surface area contributed by atoms with Gasteiger partial charge >= 0.3 is 0 Å². The van der Waals surface area contributed by atoms with Crippen LogP contribution in [0.15, 0.2) is 48.5 Å². The summed E-state index contributed by atoms with van der Waals surface area (Å²) in [5.41, 5.74) is 1.42. The first-order valence-electron chi connectivity index (χ1n) is 8.76. The number of hydrogen-bond acceptors (Lipinski definition) is 4. The van der Waals surface area contributed by atoms with Crippen molar-refractivity contribution in [3.05, 3.63) is 59.7 Å². The molecule has 2 aromatic rings. The maximum absolute atomic E-state index is 12.9. The molecule has 4 rings (SSSR count). The number of benzene rings is 2. The van der Waals surface area contributed by atoms with Gasteiger partial charge in [0.2, 0.25) is 5.91 Å². The number of para-hydroxylation sites is 1. The average molecular weight is 352 g/mol. The maximum Gasteiger partial charge on any atom is 0.255 e. The van der Waals surface area contributed by atoms with E-state index >= 15 is 0 Å². The summed E-state index contributed by atoms with van der Waals surface area (Å²) in [6, 6.07) is 14.5. The van der Waals surface area contributed by atoms with E-state index in [1.165, 1.54) is 0 Å². The molecule has 2 amide bonds. The molecule has 6 nitrogen and oxygen atoms in total. The van der Waals surface area contributed by atoms with Crippen LogP contribution < -0.4 is 20.1 Å². The lowest BCUT2D eigenvalue weighted by molar-refractivity contribution is -0.123. The third-order valence-electron chi connectivity index (χ3n) is 4.69. The Morgan fingerprint density at radius 1 is 1.04 bits per heavy atom. The predicted octanol–water partition coefficient (Wildman–Crippen LogP) is 2.21. The lowest BCUT2D eigenvalue weighted by atomic mass is 9.91. The Balaban J connectivity index is 1.57. The van der Waals surface area contributed by atoms with E-state index in [9.17, 15) is 9.59 Å². The SMILES string of the molecule is O=C1CC[C@@H](NC(=O)c2cccc3c2OCCO3)[C@H](c2ccccc2)N1. The van der Waals surface area contributed by atoms with Crippen LogP contribution in [0.3, 0.4) is 0 Å². The minimum absolute atomic E-state index is 0.00169. The highest BCUT2D eigenvalue weighted by atomic mass is 16.6. The van der Waals surface area contributed by atoms with Crippen molar-refractivity contribution in [2.24, 2.45) is 0 Å². The van der Waals surface area contributed by atoms with Gasteiger partial charge in [0, 0.05) is 6.42 Å². The molecule has 0 saturated carbocycles. The fraction of sp³-hybridized carbons (Fsp3) is 0.300. The Hall–Kier alpha value is -3.02. The summed E-state index contributed by atoms with van der Waals surface area (Å²) in [5.74, 6) is 0.834. The first-order valence-corrected chi connectivity index (χ1v) is 8.76. The predicted molar refractivity (Wildman–Crippen MR) is 95.2 cm³/mol. The van der Waals surface area contributed by atoms with E-state index in [1.54, 1.807) is 18.2 Å². The van der Waals surface area contributed by atoms with Crippen LogP contribution in [0.1, 0.15) is 34.8 Å². The number of ether oxygens (including phenoxy) is 2. The zero-order valence-corrected chi connectivity index (χ0v) is 14.2. The van der Waals surface area contributed by atoms with Gasteiger partial charge in [0.25, 0.3) is 5.91 Å². The van der Waals surface area contributed by atoms with Crippen LogP contribution in [-0.2, 0) is 4.79 Å². The Morgan fingerprint density at radius 2 is 1.85 bits per heavy atom. The van der Waals surface area contributed by atoms with Crippen molar-refractivity contribution < 1.29 is 19.1 Å². The molecule has 0 aliphatic carbocycles. The highest BCUT2D eigenvalue weighted by molar-refractivity contribution is 5.98. The third kappa shape index (κ3) is 3.22. The molecule has 0 bridgehead atoms. The molecule has 1 fully saturated rings. The second-order valence-electron chi connectivity index (χ2n) is 6.40. The number of hydrogen-bond donors (Lipinski definition) is 2. The molecular formula is C20H20N2O4. The van der Waals surface area contributed by atoms with E-state index in [0.29, 0.717) is 43.1 Å². The van der Waals surface area contributed by atoms with Gasteiger partial charge in [-0.05, 0) is 24.1 Å². The topological polar surface area (TPSA) is 76.7 Å². The lowest BCUT2D eigenvalue weighted by Gasteiger charge is -2.33. The number of carbonyl (C=O) groups is 2. The van der Waals surface area contributed by atoms with E-state index < -0.39 is 0 Å². The Morgan fingerprint density at radius 3 is 2.69 bits per heavy atom. The summed E-state index contributed by atoms with van der Waals surface area (Å²) in [7, 11) is 0. The highest BCUT2D eigenvalue weighted by Gasteiger charge is 2.32. The van der Waals surface area contributed by atoms with Gasteiger partial charge in [-0.1, -0.05) is 36.4 Å². The van der Waals surface area contributed by atoms with Crippen molar-refractivity contribution in [1.29, 1.82) is 0 Å². The number of fused-ring (bicyclic) bond motifs is 1. The molecule has 2 aliphatic heterocycles. The van der Waals surface area contributed by atoms with Crippen molar-refractivity contribution in [3.8, 4) is 11.5 Å². The second-order valence-corrected chi connectivity index (χ2v) is 6.40. The number of carbonyl (C=O) groups excluding carboxylic acids is 2. The van der Waals surface area contributed by atoms with Crippen molar-refractivity contribution in [1.82, 2.24) is 10.6 Å². The van der Waals surface area contributed by atoms with E-state index in [1.807, 2.05) is 30.3 Å². The van der Waals surface area contributed by atoms with Crippen LogP contribution >= 0.6 is 0 Å². The Bertz CT molecular complexity index is 822. The molecule has 0 aromatic heterocycles. The average Bonchev–Trinajstić information content (AvgIpc) is 2.69. The monoisotopic (exact) mass is 352 g/mol. The largest absolute Gasteiger partial charge is 0.486 e. The number of piperidine rings is 1. The number of amides is 2. The first-order chi connectivity index (χ1) is 12.7. The summed E-state index contributed by atoms with van der Waals surface area (Å²) >= 11 is 0. The standard InChI is InChI=1S/C20H20N2O4/c23-17-10-9-15(18(22-17)13-5-2-1-3-6-13)21-20(24)14-7-4-8-16-19(14)26-12-11-25-16/h1-8,15,18H,9-12H2,(H,21,24)(H,22,23)/t15-,18+/m1/s1. The van der Waals surface area contributed by atoms with Crippen molar-refractivity contribution in [3.63, 3.8) is 0 Å². The molecule has 6 heteroatoms. The smallest absolute Gasteiger partial charge is 0.255 e. The first kappa shape index (κ1) is 16.4. The van der Waals surface area contributed by atoms with Crippen molar-refractivity contribution in [2.75, 3.05) is 13.2 Å². The zero-order valence-electron chi connectivity index (χ0n) is 14.2. The molecule has 0 spiro atoms. The van der Waals surface area contributed by atoms with Crippen LogP contribution in [0.25, 0.3) is 0 Å². The van der Waals surface area contributed by atoms with Gasteiger partial charge in [-0.15, -0.1) is 0 Å². The molecule has 1 saturated heterocycles. The van der Waals surface area contributed by atoms with Gasteiger partial charge in [-0.3, -0.25) is 9.59 Å². The van der Waals surface area contributed by atoms with E-state index in [4.69, 9.17) is 9.47 Å². The van der Waals surface area contributed by atoms with Gasteiger partial charge in [0.05, 0.1) is 17.6 Å². The zero-order chi connectivity index (χ0) is 17.9. The fourth-order valence-corrected chi connectivity index (χ4v) is 3.43. The van der Waals surface area contributed by atoms with Crippen LogP contribution in [0, 0.1) is 0 Å². The molecule has 0 radical (unpaired) electrons. The lowest BCUT2D eigenvalue weighted by Crippen LogP contribution is -2.50. The molecule has 134 valence electrons. The second kappa shape index (κ2) is 7.07. The number of nitrogens with one attached hydrogen (secondary N) is 2. The molecule has 2 aromatic carbocycles. The Kier molecular flexibility index (Phi) is 4.48. The molecule has 2 N–H and O–H groups in total. The van der Waals surface area contributed by atoms with E-state index in [2.05, 4.69) is 10.6 Å². The van der Waals surface area contributed by atoms with Gasteiger partial charge in [-0.2, -0.15) is 0 Å². The third-order valence-corrected chi connectivity index (χ3v) is 4.69. The fourth-order valence-electron chi connectivity index (χ4n) is 3.43. The molecule has 2 heterocycles. The van der Waals surface area contributed by atoms with E-state index in [-0.39, 0.29) is 23.9 Å². The number of rotatable bonds is 3. The molecule has 0 unspecified atom stereocenters. The van der Waals surface area contributed by atoms with Crippen molar-refractivity contribution >= 4 is 11.8 Å². The minimum Gasteiger partial charge on any atom is -0.486 e. The van der Waals surface area contributed by atoms with Gasteiger partial charge in [-0.25, -0.2) is 0 Å². The molecule has 26 heavy (non-hydrogen) atoms. The summed E-state index contributed by atoms with van der Waals surface area (Å²) in [5, 5.41) is 6.06. The maximum atomic E-state index is 12.9. The minimum atomic E-state index is -0.252.